The fraction of sp³-hybridized carbons (Fsp3) is 0.333. The number of thiazole rings is 1. The summed E-state index contributed by atoms with van der Waals surface area (Å²) in [7, 11) is 1.82. The largest absolute Gasteiger partial charge is 0.375 e. The highest BCUT2D eigenvalue weighted by Gasteiger charge is 2.16. The van der Waals surface area contributed by atoms with Gasteiger partial charge >= 0.3 is 0 Å². The molecule has 0 spiro atoms. The zero-order valence-electron chi connectivity index (χ0n) is 9.41. The van der Waals surface area contributed by atoms with Gasteiger partial charge in [0, 0.05) is 12.4 Å². The minimum absolute atomic E-state index is 0.238. The number of nitrogens with two attached hydrogens (primary N) is 1. The monoisotopic (exact) mass is 252 g/mol. The fourth-order valence-corrected chi connectivity index (χ4v) is 1.95. The zero-order chi connectivity index (χ0) is 12.4. The summed E-state index contributed by atoms with van der Waals surface area (Å²) in [5.41, 5.74) is 5.79. The molecule has 0 saturated heterocycles. The van der Waals surface area contributed by atoms with Gasteiger partial charge in [0.1, 0.15) is 12.0 Å². The van der Waals surface area contributed by atoms with Crippen LogP contribution in [0.3, 0.4) is 0 Å². The van der Waals surface area contributed by atoms with Crippen LogP contribution < -0.4 is 11.1 Å². The van der Waals surface area contributed by atoms with E-state index in [2.05, 4.69) is 20.5 Å². The molecule has 0 radical (unpaired) electrons. The second-order valence-electron chi connectivity index (χ2n) is 3.57. The number of carbonyl (C=O) groups is 1. The summed E-state index contributed by atoms with van der Waals surface area (Å²) in [6.45, 7) is 1.83. The van der Waals surface area contributed by atoms with E-state index < -0.39 is 0 Å². The summed E-state index contributed by atoms with van der Waals surface area (Å²) in [5.74, 6) is 0.412. The van der Waals surface area contributed by atoms with E-state index in [0.717, 1.165) is 0 Å². The number of anilines is 1. The van der Waals surface area contributed by atoms with E-state index in [0.29, 0.717) is 16.6 Å². The molecule has 1 unspecified atom stereocenters. The van der Waals surface area contributed by atoms with Crippen molar-refractivity contribution in [2.24, 2.45) is 7.05 Å². The van der Waals surface area contributed by atoms with Crippen LogP contribution >= 0.6 is 11.3 Å². The summed E-state index contributed by atoms with van der Waals surface area (Å²) in [4.78, 5) is 15.7. The first-order valence-corrected chi connectivity index (χ1v) is 5.81. The Labute approximate surface area is 102 Å². The number of aryl methyl sites for hydroxylation is 1. The first kappa shape index (κ1) is 11.5. The van der Waals surface area contributed by atoms with Crippen molar-refractivity contribution in [3.8, 4) is 0 Å². The molecule has 1 atom stereocenters. The van der Waals surface area contributed by atoms with Crippen LogP contribution in [0.25, 0.3) is 0 Å². The third-order valence-electron chi connectivity index (χ3n) is 2.24. The molecule has 0 aromatic carbocycles. The van der Waals surface area contributed by atoms with Gasteiger partial charge in [-0.1, -0.05) is 0 Å². The van der Waals surface area contributed by atoms with Crippen LogP contribution in [0.5, 0.6) is 0 Å². The fourth-order valence-electron chi connectivity index (χ4n) is 1.41. The quantitative estimate of drug-likeness (QED) is 0.821. The molecule has 90 valence electrons. The van der Waals surface area contributed by atoms with Crippen molar-refractivity contribution in [1.82, 2.24) is 25.1 Å². The van der Waals surface area contributed by atoms with Crippen molar-refractivity contribution in [2.45, 2.75) is 13.0 Å². The Morgan fingerprint density at radius 2 is 2.41 bits per heavy atom. The molecule has 8 heteroatoms. The van der Waals surface area contributed by atoms with Crippen molar-refractivity contribution >= 4 is 22.4 Å². The van der Waals surface area contributed by atoms with Gasteiger partial charge in [-0.15, -0.1) is 21.5 Å². The van der Waals surface area contributed by atoms with E-state index in [-0.39, 0.29) is 11.9 Å². The molecule has 3 N–H and O–H groups in total. The lowest BCUT2D eigenvalue weighted by Gasteiger charge is -2.11. The van der Waals surface area contributed by atoms with Gasteiger partial charge in [-0.25, -0.2) is 4.98 Å². The van der Waals surface area contributed by atoms with Gasteiger partial charge in [0.25, 0.3) is 5.91 Å². The zero-order valence-corrected chi connectivity index (χ0v) is 10.2. The summed E-state index contributed by atoms with van der Waals surface area (Å²) < 4.78 is 1.75. The summed E-state index contributed by atoms with van der Waals surface area (Å²) >= 11 is 1.23. The third kappa shape index (κ3) is 2.41. The average Bonchev–Trinajstić information content (AvgIpc) is 2.86. The highest BCUT2D eigenvalue weighted by Crippen LogP contribution is 2.13. The van der Waals surface area contributed by atoms with Crippen molar-refractivity contribution in [2.75, 3.05) is 5.73 Å². The summed E-state index contributed by atoms with van der Waals surface area (Å²) in [6, 6.07) is -0.238. The van der Waals surface area contributed by atoms with Crippen molar-refractivity contribution in [3.05, 3.63) is 23.2 Å². The Hall–Kier alpha value is -1.96. The summed E-state index contributed by atoms with van der Waals surface area (Å²) in [6.07, 6.45) is 1.58. The van der Waals surface area contributed by atoms with Crippen LogP contribution in [-0.2, 0) is 7.05 Å². The molecule has 0 aliphatic rings. The molecular weight excluding hydrogens is 240 g/mol. The lowest BCUT2D eigenvalue weighted by atomic mass is 10.3. The van der Waals surface area contributed by atoms with Crippen LogP contribution in [-0.4, -0.2) is 25.7 Å². The van der Waals surface area contributed by atoms with E-state index in [1.165, 1.54) is 11.3 Å². The van der Waals surface area contributed by atoms with Gasteiger partial charge in [-0.3, -0.25) is 4.79 Å². The van der Waals surface area contributed by atoms with Crippen molar-refractivity contribution in [1.29, 1.82) is 0 Å². The Morgan fingerprint density at radius 1 is 1.65 bits per heavy atom. The number of nitrogen functional groups attached to an aromatic ring is 1. The predicted molar refractivity (Wildman–Crippen MR) is 63.4 cm³/mol. The van der Waals surface area contributed by atoms with Gasteiger partial charge in [-0.2, -0.15) is 0 Å². The Kier molecular flexibility index (Phi) is 3.05. The Morgan fingerprint density at radius 3 is 2.94 bits per heavy atom. The lowest BCUT2D eigenvalue weighted by Crippen LogP contribution is -2.28. The maximum atomic E-state index is 11.8. The van der Waals surface area contributed by atoms with Crippen LogP contribution in [0.1, 0.15) is 29.3 Å². The number of aromatic nitrogens is 4. The smallest absolute Gasteiger partial charge is 0.271 e. The van der Waals surface area contributed by atoms with E-state index in [4.69, 9.17) is 5.73 Å². The van der Waals surface area contributed by atoms with E-state index in [1.807, 2.05) is 14.0 Å². The molecular formula is C9H12N6OS. The number of carbonyl (C=O) groups excluding carboxylic acids is 1. The second-order valence-corrected chi connectivity index (χ2v) is 4.46. The highest BCUT2D eigenvalue weighted by atomic mass is 32.1. The lowest BCUT2D eigenvalue weighted by molar-refractivity contribution is 0.0933. The molecule has 2 rings (SSSR count). The van der Waals surface area contributed by atoms with Crippen LogP contribution in [0.15, 0.2) is 11.7 Å². The molecule has 7 nitrogen and oxygen atoms in total. The van der Waals surface area contributed by atoms with Gasteiger partial charge < -0.3 is 15.6 Å². The Balaban J connectivity index is 2.07. The Bertz CT molecular complexity index is 533. The average molecular weight is 252 g/mol. The first-order valence-electron chi connectivity index (χ1n) is 4.93. The van der Waals surface area contributed by atoms with Crippen LogP contribution in [0.2, 0.25) is 0 Å². The minimum atomic E-state index is -0.270. The van der Waals surface area contributed by atoms with Crippen LogP contribution in [0.4, 0.5) is 5.13 Å². The van der Waals surface area contributed by atoms with Crippen molar-refractivity contribution < 1.29 is 4.79 Å². The molecule has 2 heterocycles. The van der Waals surface area contributed by atoms with Gasteiger partial charge in [0.2, 0.25) is 0 Å². The number of hydrogen-bond acceptors (Lipinski definition) is 6. The molecule has 2 aromatic rings. The molecule has 2 aromatic heterocycles. The standard InChI is InChI=1S/C9H12N6OS/c1-5(7-14-11-4-15(7)2)12-8(16)6-3-17-9(10)13-6/h3-5H,1-2H3,(H2,10,13)(H,12,16). The number of rotatable bonds is 3. The van der Waals surface area contributed by atoms with Gasteiger partial charge in [0.15, 0.2) is 11.0 Å². The third-order valence-corrected chi connectivity index (χ3v) is 2.91. The van der Waals surface area contributed by atoms with E-state index >= 15 is 0 Å². The maximum absolute atomic E-state index is 11.8. The normalized spacial score (nSPS) is 12.4. The molecule has 0 fully saturated rings. The summed E-state index contributed by atoms with van der Waals surface area (Å²) in [5, 5.41) is 12.5. The van der Waals surface area contributed by atoms with Gasteiger partial charge in [0.05, 0.1) is 6.04 Å². The first-order chi connectivity index (χ1) is 8.08. The molecule has 1 amide bonds. The molecule has 0 aliphatic heterocycles. The number of hydrogen-bond donors (Lipinski definition) is 2. The highest BCUT2D eigenvalue weighted by molar-refractivity contribution is 7.13. The molecule has 0 aliphatic carbocycles. The predicted octanol–water partition coefficient (Wildman–Crippen LogP) is 0.345. The molecule has 0 saturated carbocycles. The van der Waals surface area contributed by atoms with Crippen molar-refractivity contribution in [3.63, 3.8) is 0 Å². The van der Waals surface area contributed by atoms with Gasteiger partial charge in [-0.05, 0) is 6.92 Å². The minimum Gasteiger partial charge on any atom is -0.375 e. The number of amides is 1. The molecule has 17 heavy (non-hydrogen) atoms. The SMILES string of the molecule is CC(NC(=O)c1csc(N)n1)c1nncn1C. The second kappa shape index (κ2) is 4.50. The maximum Gasteiger partial charge on any atom is 0.271 e. The van der Waals surface area contributed by atoms with Crippen LogP contribution in [0, 0.1) is 0 Å². The van der Waals surface area contributed by atoms with E-state index in [1.54, 1.807) is 16.3 Å². The topological polar surface area (TPSA) is 98.7 Å². The van der Waals surface area contributed by atoms with E-state index in [9.17, 15) is 4.79 Å². The number of nitrogens with zero attached hydrogens (tertiary/aromatic N) is 4. The molecule has 0 bridgehead atoms. The number of nitrogens with one attached hydrogen (secondary N) is 1.